The Labute approximate surface area is 166 Å². The molecule has 4 aliphatic rings. The van der Waals surface area contributed by atoms with Gasteiger partial charge in [0, 0.05) is 11.8 Å². The summed E-state index contributed by atoms with van der Waals surface area (Å²) in [7, 11) is 0. The van der Waals surface area contributed by atoms with Crippen LogP contribution in [-0.4, -0.2) is 0 Å². The highest BCUT2D eigenvalue weighted by molar-refractivity contribution is 5.86. The van der Waals surface area contributed by atoms with Gasteiger partial charge in [-0.25, -0.2) is 0 Å². The Kier molecular flexibility index (Phi) is 3.52. The average molecular weight is 358 g/mol. The van der Waals surface area contributed by atoms with Gasteiger partial charge in [-0.2, -0.15) is 0 Å². The van der Waals surface area contributed by atoms with Crippen molar-refractivity contribution in [2.24, 2.45) is 0 Å². The number of hydrogen-bond donors (Lipinski definition) is 0. The van der Waals surface area contributed by atoms with Gasteiger partial charge in [0.05, 0.1) is 0 Å². The molecule has 0 heteroatoms. The third-order valence-electron chi connectivity index (χ3n) is 6.61. The van der Waals surface area contributed by atoms with Crippen molar-refractivity contribution in [3.05, 3.63) is 131 Å². The normalized spacial score (nSPS) is 23.1. The first-order chi connectivity index (χ1) is 13.9. The minimum absolute atomic E-state index is 0.440. The van der Waals surface area contributed by atoms with Crippen molar-refractivity contribution >= 4 is 11.1 Å². The summed E-state index contributed by atoms with van der Waals surface area (Å²) < 4.78 is 0. The first kappa shape index (κ1) is 15.9. The van der Waals surface area contributed by atoms with Gasteiger partial charge in [0.25, 0.3) is 0 Å². The van der Waals surface area contributed by atoms with Crippen LogP contribution < -0.4 is 0 Å². The van der Waals surface area contributed by atoms with E-state index in [0.717, 1.165) is 12.8 Å². The first-order valence-electron chi connectivity index (χ1n) is 10.3. The topological polar surface area (TPSA) is 0 Å². The maximum atomic E-state index is 2.35. The van der Waals surface area contributed by atoms with E-state index in [1.165, 1.54) is 44.5 Å². The third-order valence-corrected chi connectivity index (χ3v) is 6.61. The number of hydrogen-bond acceptors (Lipinski definition) is 0. The summed E-state index contributed by atoms with van der Waals surface area (Å²) in [6.45, 7) is 0. The van der Waals surface area contributed by atoms with Crippen LogP contribution in [0, 0.1) is 0 Å². The van der Waals surface area contributed by atoms with Gasteiger partial charge in [-0.1, -0.05) is 97.1 Å². The summed E-state index contributed by atoms with van der Waals surface area (Å²) in [6, 6.07) is 17.9. The van der Waals surface area contributed by atoms with Crippen molar-refractivity contribution in [2.75, 3.05) is 0 Å². The molecule has 0 fully saturated rings. The molecule has 28 heavy (non-hydrogen) atoms. The minimum atomic E-state index is 0.440. The summed E-state index contributed by atoms with van der Waals surface area (Å²) in [6.07, 6.45) is 20.3. The molecule has 2 atom stereocenters. The molecule has 0 spiro atoms. The van der Waals surface area contributed by atoms with Crippen LogP contribution in [0.3, 0.4) is 0 Å². The van der Waals surface area contributed by atoms with Crippen LogP contribution in [0.2, 0.25) is 0 Å². The van der Waals surface area contributed by atoms with E-state index in [-0.39, 0.29) is 0 Å². The minimum Gasteiger partial charge on any atom is -0.0726 e. The Bertz CT molecular complexity index is 1070. The zero-order valence-corrected chi connectivity index (χ0v) is 15.8. The van der Waals surface area contributed by atoms with Crippen LogP contribution in [0.4, 0.5) is 0 Å². The summed E-state index contributed by atoms with van der Waals surface area (Å²) in [5, 5.41) is 0. The molecule has 0 saturated carbocycles. The molecule has 0 saturated heterocycles. The zero-order chi connectivity index (χ0) is 18.5. The fourth-order valence-electron chi connectivity index (χ4n) is 5.41. The maximum Gasteiger partial charge on any atom is 0.0281 e. The maximum absolute atomic E-state index is 2.35. The fourth-order valence-corrected chi connectivity index (χ4v) is 5.41. The van der Waals surface area contributed by atoms with Crippen LogP contribution in [0.25, 0.3) is 11.1 Å². The van der Waals surface area contributed by atoms with Crippen LogP contribution >= 0.6 is 0 Å². The second-order valence-electron chi connectivity index (χ2n) is 7.99. The van der Waals surface area contributed by atoms with Gasteiger partial charge in [0.2, 0.25) is 0 Å². The van der Waals surface area contributed by atoms with Gasteiger partial charge in [-0.05, 0) is 57.4 Å². The number of fused-ring (bicyclic) bond motifs is 6. The molecule has 0 aromatic heterocycles. The highest BCUT2D eigenvalue weighted by Crippen LogP contribution is 2.50. The zero-order valence-electron chi connectivity index (χ0n) is 15.8. The number of allylic oxidation sites excluding steroid dienone is 12. The summed E-state index contributed by atoms with van der Waals surface area (Å²) >= 11 is 0. The van der Waals surface area contributed by atoms with E-state index in [4.69, 9.17) is 0 Å². The highest BCUT2D eigenvalue weighted by atomic mass is 14.3. The lowest BCUT2D eigenvalue weighted by atomic mass is 9.90. The lowest BCUT2D eigenvalue weighted by Gasteiger charge is -2.14. The first-order valence-corrected chi connectivity index (χ1v) is 10.3. The SMILES string of the molecule is C1=CC2=C(CCC3=C4C=CC=CC4c4ccccc43)c3ccccc3C2C=C1. The Morgan fingerprint density at radius 1 is 0.536 bits per heavy atom. The molecule has 0 radical (unpaired) electrons. The lowest BCUT2D eigenvalue weighted by Crippen LogP contribution is -1.95. The summed E-state index contributed by atoms with van der Waals surface area (Å²) in [5.74, 6) is 0.880. The molecular formula is C28H22. The average Bonchev–Trinajstić information content (AvgIpc) is 3.26. The Balaban J connectivity index is 1.40. The lowest BCUT2D eigenvalue weighted by molar-refractivity contribution is 1.03. The number of benzene rings is 2. The van der Waals surface area contributed by atoms with Crippen LogP contribution in [0.5, 0.6) is 0 Å². The van der Waals surface area contributed by atoms with Gasteiger partial charge in [0.1, 0.15) is 0 Å². The van der Waals surface area contributed by atoms with E-state index in [9.17, 15) is 0 Å². The van der Waals surface area contributed by atoms with E-state index < -0.39 is 0 Å². The Morgan fingerprint density at radius 3 is 1.50 bits per heavy atom. The van der Waals surface area contributed by atoms with Crippen molar-refractivity contribution in [1.82, 2.24) is 0 Å². The van der Waals surface area contributed by atoms with E-state index in [1.54, 1.807) is 0 Å². The van der Waals surface area contributed by atoms with Crippen molar-refractivity contribution in [3.8, 4) is 0 Å². The molecule has 0 nitrogen and oxygen atoms in total. The monoisotopic (exact) mass is 358 g/mol. The van der Waals surface area contributed by atoms with Gasteiger partial charge < -0.3 is 0 Å². The molecule has 0 heterocycles. The van der Waals surface area contributed by atoms with Crippen molar-refractivity contribution in [1.29, 1.82) is 0 Å². The van der Waals surface area contributed by atoms with Crippen LogP contribution in [0.1, 0.15) is 46.9 Å². The smallest absolute Gasteiger partial charge is 0.0281 e. The highest BCUT2D eigenvalue weighted by Gasteiger charge is 2.31. The molecule has 6 rings (SSSR count). The second-order valence-corrected chi connectivity index (χ2v) is 7.99. The Hall–Kier alpha value is -3.12. The summed E-state index contributed by atoms with van der Waals surface area (Å²) in [5.41, 5.74) is 11.9. The van der Waals surface area contributed by atoms with Crippen molar-refractivity contribution < 1.29 is 0 Å². The third kappa shape index (κ3) is 2.24. The standard InChI is InChI=1S/C28H22/c1-5-13-23-19(9-1)20-10-2-6-14-24(20)27(23)17-18-28-25-15-7-3-11-21(25)22-12-4-8-16-26(22)28/h1-16,19,21H,17-18H2. The largest absolute Gasteiger partial charge is 0.0726 e. The number of rotatable bonds is 3. The quantitative estimate of drug-likeness (QED) is 0.548. The Morgan fingerprint density at radius 2 is 1.00 bits per heavy atom. The molecule has 2 aromatic rings. The summed E-state index contributed by atoms with van der Waals surface area (Å²) in [4.78, 5) is 0. The molecule has 0 amide bonds. The van der Waals surface area contributed by atoms with Gasteiger partial charge in [-0.15, -0.1) is 0 Å². The predicted octanol–water partition coefficient (Wildman–Crippen LogP) is 7.12. The van der Waals surface area contributed by atoms with E-state index >= 15 is 0 Å². The van der Waals surface area contributed by atoms with E-state index in [1.807, 2.05) is 0 Å². The van der Waals surface area contributed by atoms with Gasteiger partial charge in [0.15, 0.2) is 0 Å². The van der Waals surface area contributed by atoms with Crippen molar-refractivity contribution in [2.45, 2.75) is 24.7 Å². The molecular weight excluding hydrogens is 336 g/mol. The molecule has 134 valence electrons. The van der Waals surface area contributed by atoms with Crippen molar-refractivity contribution in [3.63, 3.8) is 0 Å². The molecule has 4 aliphatic carbocycles. The van der Waals surface area contributed by atoms with Crippen LogP contribution in [-0.2, 0) is 0 Å². The van der Waals surface area contributed by atoms with Crippen LogP contribution in [0.15, 0.2) is 108 Å². The molecule has 0 N–H and O–H groups in total. The molecule has 2 unspecified atom stereocenters. The van der Waals surface area contributed by atoms with Gasteiger partial charge in [-0.3, -0.25) is 0 Å². The molecule has 0 bridgehead atoms. The molecule has 0 aliphatic heterocycles. The second kappa shape index (κ2) is 6.21. The predicted molar refractivity (Wildman–Crippen MR) is 118 cm³/mol. The van der Waals surface area contributed by atoms with E-state index in [2.05, 4.69) is 97.1 Å². The molecule has 2 aromatic carbocycles. The fraction of sp³-hybridized carbons (Fsp3) is 0.143. The van der Waals surface area contributed by atoms with E-state index in [0.29, 0.717) is 11.8 Å². The van der Waals surface area contributed by atoms with Gasteiger partial charge >= 0.3 is 0 Å².